The predicted octanol–water partition coefficient (Wildman–Crippen LogP) is 0.758. The van der Waals surface area contributed by atoms with Crippen molar-refractivity contribution >= 4 is 9.24 Å². The molecule has 0 saturated heterocycles. The summed E-state index contributed by atoms with van der Waals surface area (Å²) in [6.45, 7) is 2.07. The van der Waals surface area contributed by atoms with Gasteiger partial charge >= 0.3 is 0 Å². The number of rotatable bonds is 1. The largest absolute Gasteiger partial charge is 0.392 e. The van der Waals surface area contributed by atoms with Crippen molar-refractivity contribution in [3.8, 4) is 0 Å². The minimum Gasteiger partial charge on any atom is -0.392 e. The first-order chi connectivity index (χ1) is 2.77. The van der Waals surface area contributed by atoms with Crippen molar-refractivity contribution in [1.29, 1.82) is 0 Å². The lowest BCUT2D eigenvalue weighted by molar-refractivity contribution is 0.342. The van der Waals surface area contributed by atoms with Crippen molar-refractivity contribution in [3.63, 3.8) is 0 Å². The topological polar surface area (TPSA) is 20.2 Å². The highest BCUT2D eigenvalue weighted by Gasteiger charge is 1.68. The molecule has 6 heavy (non-hydrogen) atoms. The van der Waals surface area contributed by atoms with Crippen LogP contribution in [0.1, 0.15) is 6.92 Å². The molecule has 0 aliphatic heterocycles. The van der Waals surface area contributed by atoms with Crippen LogP contribution in [-0.4, -0.2) is 11.7 Å². The highest BCUT2D eigenvalue weighted by Crippen LogP contribution is 1.99. The molecular formula is C4H9OP. The van der Waals surface area contributed by atoms with Gasteiger partial charge in [0.15, 0.2) is 0 Å². The van der Waals surface area contributed by atoms with Crippen molar-refractivity contribution in [2.24, 2.45) is 0 Å². The Kier molecular flexibility index (Phi) is 3.40. The summed E-state index contributed by atoms with van der Waals surface area (Å²) in [5, 5.41) is 9.23. The van der Waals surface area contributed by atoms with Crippen molar-refractivity contribution in [2.45, 2.75) is 6.92 Å². The Balaban J connectivity index is 3.14. The van der Waals surface area contributed by atoms with E-state index in [2.05, 4.69) is 9.24 Å². The first kappa shape index (κ1) is 6.13. The SMILES string of the molecule is CC(P)=CCO. The highest BCUT2D eigenvalue weighted by atomic mass is 31.0. The molecule has 1 atom stereocenters. The Morgan fingerprint density at radius 2 is 2.50 bits per heavy atom. The summed E-state index contributed by atoms with van der Waals surface area (Å²) in [7, 11) is 2.48. The first-order valence-corrected chi connectivity index (χ1v) is 2.38. The van der Waals surface area contributed by atoms with Gasteiger partial charge in [0.05, 0.1) is 6.61 Å². The summed E-state index contributed by atoms with van der Waals surface area (Å²) in [4.78, 5) is 0. The number of hydrogen-bond acceptors (Lipinski definition) is 1. The third kappa shape index (κ3) is 4.13. The summed E-state index contributed by atoms with van der Waals surface area (Å²) >= 11 is 0. The van der Waals surface area contributed by atoms with E-state index < -0.39 is 0 Å². The van der Waals surface area contributed by atoms with Gasteiger partial charge in [0.1, 0.15) is 0 Å². The second-order valence-electron chi connectivity index (χ2n) is 1.13. The van der Waals surface area contributed by atoms with Gasteiger partial charge < -0.3 is 5.11 Å². The van der Waals surface area contributed by atoms with E-state index in [0.717, 1.165) is 5.31 Å². The molecule has 2 heteroatoms. The van der Waals surface area contributed by atoms with Gasteiger partial charge in [0.2, 0.25) is 0 Å². The van der Waals surface area contributed by atoms with E-state index in [0.29, 0.717) is 0 Å². The van der Waals surface area contributed by atoms with E-state index in [1.807, 2.05) is 6.92 Å². The molecule has 0 heterocycles. The molecule has 0 aromatic carbocycles. The second kappa shape index (κ2) is 3.32. The molecule has 1 nitrogen and oxygen atoms in total. The summed E-state index contributed by atoms with van der Waals surface area (Å²) in [6.07, 6.45) is 1.73. The van der Waals surface area contributed by atoms with Gasteiger partial charge in [0, 0.05) is 0 Å². The van der Waals surface area contributed by atoms with Crippen LogP contribution in [0.15, 0.2) is 11.4 Å². The molecule has 0 fully saturated rings. The van der Waals surface area contributed by atoms with Crippen molar-refractivity contribution < 1.29 is 5.11 Å². The molecule has 1 N–H and O–H groups in total. The molecule has 0 spiro atoms. The van der Waals surface area contributed by atoms with Crippen LogP contribution in [0.2, 0.25) is 0 Å². The zero-order valence-corrected chi connectivity index (χ0v) is 4.96. The standard InChI is InChI=1S/C4H9OP/c1-4(6)2-3-5/h2,5H,3,6H2,1H3. The maximum Gasteiger partial charge on any atom is 0.0618 e. The van der Waals surface area contributed by atoms with Crippen LogP contribution in [0.4, 0.5) is 0 Å². The van der Waals surface area contributed by atoms with Crippen molar-refractivity contribution in [3.05, 3.63) is 11.4 Å². The lowest BCUT2D eigenvalue weighted by atomic mass is 10.5. The van der Waals surface area contributed by atoms with Crippen LogP contribution in [0, 0.1) is 0 Å². The quantitative estimate of drug-likeness (QED) is 0.487. The maximum atomic E-state index is 8.15. The van der Waals surface area contributed by atoms with Crippen LogP contribution < -0.4 is 0 Å². The number of aliphatic hydroxyl groups is 1. The Bertz CT molecular complexity index is 54.6. The van der Waals surface area contributed by atoms with E-state index in [1.165, 1.54) is 0 Å². The molecule has 0 amide bonds. The monoisotopic (exact) mass is 104 g/mol. The molecule has 0 bridgehead atoms. The Morgan fingerprint density at radius 3 is 2.50 bits per heavy atom. The van der Waals surface area contributed by atoms with Crippen molar-refractivity contribution in [1.82, 2.24) is 0 Å². The van der Waals surface area contributed by atoms with Crippen molar-refractivity contribution in [2.75, 3.05) is 6.61 Å². The Labute approximate surface area is 40.3 Å². The van der Waals surface area contributed by atoms with Gasteiger partial charge in [0.25, 0.3) is 0 Å². The molecule has 0 saturated carbocycles. The molecule has 0 aromatic rings. The molecule has 36 valence electrons. The lowest BCUT2D eigenvalue weighted by Crippen LogP contribution is -1.69. The van der Waals surface area contributed by atoms with Crippen LogP contribution in [0.5, 0.6) is 0 Å². The van der Waals surface area contributed by atoms with Gasteiger partial charge in [-0.15, -0.1) is 9.24 Å². The fraction of sp³-hybridized carbons (Fsp3) is 0.500. The Hall–Kier alpha value is 0.130. The van der Waals surface area contributed by atoms with E-state index in [9.17, 15) is 0 Å². The predicted molar refractivity (Wildman–Crippen MR) is 30.6 cm³/mol. The molecule has 0 radical (unpaired) electrons. The van der Waals surface area contributed by atoms with E-state index in [-0.39, 0.29) is 6.61 Å². The molecule has 0 aromatic heterocycles. The highest BCUT2D eigenvalue weighted by molar-refractivity contribution is 7.22. The molecule has 0 aliphatic rings. The van der Waals surface area contributed by atoms with E-state index in [4.69, 9.17) is 5.11 Å². The average molecular weight is 104 g/mol. The Morgan fingerprint density at radius 1 is 2.00 bits per heavy atom. The minimum atomic E-state index is 0.148. The van der Waals surface area contributed by atoms with Gasteiger partial charge in [-0.25, -0.2) is 0 Å². The minimum absolute atomic E-state index is 0.148. The van der Waals surface area contributed by atoms with E-state index in [1.54, 1.807) is 6.08 Å². The third-order valence-corrected chi connectivity index (χ3v) is 0.649. The number of allylic oxidation sites excluding steroid dienone is 1. The number of aliphatic hydroxyl groups excluding tert-OH is 1. The average Bonchev–Trinajstić information content (AvgIpc) is 1.35. The molecule has 0 aliphatic carbocycles. The van der Waals surface area contributed by atoms with Crippen LogP contribution >= 0.6 is 9.24 Å². The smallest absolute Gasteiger partial charge is 0.0618 e. The van der Waals surface area contributed by atoms with Crippen LogP contribution in [0.25, 0.3) is 0 Å². The van der Waals surface area contributed by atoms with Gasteiger partial charge in [-0.1, -0.05) is 11.4 Å². The zero-order valence-electron chi connectivity index (χ0n) is 3.81. The van der Waals surface area contributed by atoms with E-state index >= 15 is 0 Å². The molecule has 0 rings (SSSR count). The molecule has 1 unspecified atom stereocenters. The fourth-order valence-electron chi connectivity index (χ4n) is 0.144. The van der Waals surface area contributed by atoms with Crippen LogP contribution in [0.3, 0.4) is 0 Å². The third-order valence-electron chi connectivity index (χ3n) is 0.413. The summed E-state index contributed by atoms with van der Waals surface area (Å²) in [6, 6.07) is 0. The van der Waals surface area contributed by atoms with Gasteiger partial charge in [-0.2, -0.15) is 0 Å². The van der Waals surface area contributed by atoms with Gasteiger partial charge in [-0.05, 0) is 6.92 Å². The summed E-state index contributed by atoms with van der Waals surface area (Å²) in [5.74, 6) is 0. The second-order valence-corrected chi connectivity index (χ2v) is 2.04. The summed E-state index contributed by atoms with van der Waals surface area (Å²) in [5.41, 5.74) is 0. The first-order valence-electron chi connectivity index (χ1n) is 1.80. The fourth-order valence-corrected chi connectivity index (χ4v) is 0.249. The lowest BCUT2D eigenvalue weighted by Gasteiger charge is -1.80. The number of hydrogen-bond donors (Lipinski definition) is 1. The molecular weight excluding hydrogens is 95.0 g/mol. The van der Waals surface area contributed by atoms with Crippen LogP contribution in [-0.2, 0) is 0 Å². The summed E-state index contributed by atoms with van der Waals surface area (Å²) < 4.78 is 0. The zero-order chi connectivity index (χ0) is 4.99. The maximum absolute atomic E-state index is 8.15. The van der Waals surface area contributed by atoms with Gasteiger partial charge in [-0.3, -0.25) is 0 Å². The normalized spacial score (nSPS) is 12.2.